The monoisotopic (exact) mass is 586 g/mol. The Balaban J connectivity index is 0.00000380. The first-order valence-electron chi connectivity index (χ1n) is 11.7. The summed E-state index contributed by atoms with van der Waals surface area (Å²) < 4.78 is 34.4. The summed E-state index contributed by atoms with van der Waals surface area (Å²) in [6.07, 6.45) is -0.357. The zero-order chi connectivity index (χ0) is 26.2. The van der Waals surface area contributed by atoms with Crippen LogP contribution in [0.15, 0.2) is 41.3 Å². The van der Waals surface area contributed by atoms with E-state index in [-0.39, 0.29) is 35.4 Å². The van der Waals surface area contributed by atoms with Gasteiger partial charge in [-0.05, 0) is 76.8 Å². The van der Waals surface area contributed by atoms with Crippen molar-refractivity contribution in [1.82, 2.24) is 14.2 Å². The van der Waals surface area contributed by atoms with Gasteiger partial charge in [0.05, 0.1) is 27.3 Å². The van der Waals surface area contributed by atoms with Crippen molar-refractivity contribution in [3.63, 3.8) is 0 Å². The van der Waals surface area contributed by atoms with E-state index in [9.17, 15) is 13.2 Å². The second kappa shape index (κ2) is 11.9. The lowest BCUT2D eigenvalue weighted by Gasteiger charge is -2.34. The van der Waals surface area contributed by atoms with Crippen LogP contribution in [0.3, 0.4) is 0 Å². The summed E-state index contributed by atoms with van der Waals surface area (Å²) in [5, 5.41) is 1.21. The number of amides is 1. The minimum absolute atomic E-state index is 0. The molecule has 12 heteroatoms. The molecule has 0 spiro atoms. The molecular weight excluding hydrogens is 555 g/mol. The molecule has 0 N–H and O–H groups in total. The van der Waals surface area contributed by atoms with Crippen molar-refractivity contribution in [3.8, 4) is 0 Å². The van der Waals surface area contributed by atoms with Gasteiger partial charge in [0, 0.05) is 36.8 Å². The first-order chi connectivity index (χ1) is 17.0. The lowest BCUT2D eigenvalue weighted by atomic mass is 10.2. The molecule has 2 aromatic carbocycles. The minimum atomic E-state index is -3.69. The number of hydrogen-bond donors (Lipinski definition) is 0. The fourth-order valence-corrected chi connectivity index (χ4v) is 7.28. The summed E-state index contributed by atoms with van der Waals surface area (Å²) in [6.45, 7) is 7.33. The van der Waals surface area contributed by atoms with Crippen LogP contribution in [0.25, 0.3) is 10.2 Å². The zero-order valence-corrected chi connectivity index (χ0v) is 24.7. The third-order valence-electron chi connectivity index (χ3n) is 6.01. The molecule has 0 radical (unpaired) electrons. The highest BCUT2D eigenvalue weighted by Crippen LogP contribution is 2.34. The molecule has 37 heavy (non-hydrogen) atoms. The first kappa shape index (κ1) is 29.8. The number of hydrogen-bond acceptors (Lipinski definition) is 7. The number of benzene rings is 2. The van der Waals surface area contributed by atoms with Crippen LogP contribution in [0.2, 0.25) is 5.02 Å². The molecule has 0 aliphatic carbocycles. The fraction of sp³-hybridized carbons (Fsp3) is 0.440. The molecule has 1 aromatic heterocycles. The van der Waals surface area contributed by atoms with Crippen LogP contribution in [0.4, 0.5) is 5.13 Å². The number of halogens is 2. The molecule has 1 aliphatic heterocycles. The Morgan fingerprint density at radius 1 is 1.14 bits per heavy atom. The van der Waals surface area contributed by atoms with Crippen molar-refractivity contribution in [2.75, 3.05) is 45.2 Å². The zero-order valence-electron chi connectivity index (χ0n) is 21.5. The van der Waals surface area contributed by atoms with Crippen molar-refractivity contribution < 1.29 is 17.9 Å². The Morgan fingerprint density at radius 2 is 1.76 bits per heavy atom. The van der Waals surface area contributed by atoms with Crippen LogP contribution in [-0.2, 0) is 14.8 Å². The largest absolute Gasteiger partial charge is 0.373 e. The summed E-state index contributed by atoms with van der Waals surface area (Å²) in [7, 11) is 0.193. The van der Waals surface area contributed by atoms with Crippen molar-refractivity contribution in [2.24, 2.45) is 0 Å². The molecule has 1 amide bonds. The van der Waals surface area contributed by atoms with Gasteiger partial charge in [-0.15, -0.1) is 12.4 Å². The van der Waals surface area contributed by atoms with E-state index in [2.05, 4.69) is 0 Å². The van der Waals surface area contributed by atoms with Gasteiger partial charge < -0.3 is 9.64 Å². The number of carbonyl (C=O) groups excluding carboxylic acids is 1. The molecule has 0 saturated carbocycles. The number of anilines is 1. The van der Waals surface area contributed by atoms with Gasteiger partial charge in [0.15, 0.2) is 5.13 Å². The Hall–Kier alpha value is -1.79. The van der Waals surface area contributed by atoms with Crippen molar-refractivity contribution in [1.29, 1.82) is 0 Å². The molecule has 1 aliphatic rings. The van der Waals surface area contributed by atoms with Gasteiger partial charge in [0.2, 0.25) is 10.0 Å². The van der Waals surface area contributed by atoms with E-state index in [1.165, 1.54) is 27.8 Å². The molecule has 1 saturated heterocycles. The van der Waals surface area contributed by atoms with E-state index < -0.39 is 10.0 Å². The van der Waals surface area contributed by atoms with Gasteiger partial charge in [-0.2, -0.15) is 4.31 Å². The second-order valence-electron chi connectivity index (χ2n) is 9.43. The van der Waals surface area contributed by atoms with E-state index in [0.29, 0.717) is 41.9 Å². The van der Waals surface area contributed by atoms with E-state index in [0.717, 1.165) is 15.8 Å². The van der Waals surface area contributed by atoms with Crippen molar-refractivity contribution in [2.45, 2.75) is 37.9 Å². The Morgan fingerprint density at radius 3 is 2.35 bits per heavy atom. The SMILES string of the molecule is Cc1cc(Cl)cc2sc(N(CCN(C)C)C(=O)c3ccc(S(=O)(=O)N4CC(C)OC(C)C4)cc3)nc12.Cl. The highest BCUT2D eigenvalue weighted by molar-refractivity contribution is 7.89. The van der Waals surface area contributed by atoms with Crippen LogP contribution in [-0.4, -0.2) is 81.0 Å². The average molecular weight is 588 g/mol. The maximum atomic E-state index is 13.6. The lowest BCUT2D eigenvalue weighted by molar-refractivity contribution is -0.0440. The molecule has 2 unspecified atom stereocenters. The quantitative estimate of drug-likeness (QED) is 0.399. The third kappa shape index (κ3) is 6.62. The number of sulfonamides is 1. The van der Waals surface area contributed by atoms with E-state index in [1.54, 1.807) is 17.0 Å². The number of likely N-dealkylation sites (N-methyl/N-ethyl adjacent to an activating group) is 1. The van der Waals surface area contributed by atoms with Crippen LogP contribution < -0.4 is 4.90 Å². The molecule has 2 atom stereocenters. The number of carbonyl (C=O) groups is 1. The summed E-state index contributed by atoms with van der Waals surface area (Å²) >= 11 is 7.64. The Labute approximate surface area is 233 Å². The number of aromatic nitrogens is 1. The first-order valence-corrected chi connectivity index (χ1v) is 14.4. The third-order valence-corrected chi connectivity index (χ3v) is 9.10. The molecular formula is C25H32Cl2N4O4S2. The lowest BCUT2D eigenvalue weighted by Crippen LogP contribution is -2.48. The predicted molar refractivity (Wildman–Crippen MR) is 152 cm³/mol. The summed E-state index contributed by atoms with van der Waals surface area (Å²) in [5.41, 5.74) is 2.16. The number of rotatable bonds is 7. The molecule has 0 bridgehead atoms. The molecule has 8 nitrogen and oxygen atoms in total. The van der Waals surface area contributed by atoms with Gasteiger partial charge in [-0.1, -0.05) is 22.9 Å². The van der Waals surface area contributed by atoms with Gasteiger partial charge in [0.25, 0.3) is 5.91 Å². The highest BCUT2D eigenvalue weighted by Gasteiger charge is 2.32. The van der Waals surface area contributed by atoms with E-state index >= 15 is 0 Å². The maximum absolute atomic E-state index is 13.6. The van der Waals surface area contributed by atoms with Crippen LogP contribution >= 0.6 is 35.3 Å². The normalized spacial score (nSPS) is 18.7. The Kier molecular flexibility index (Phi) is 9.61. The number of ether oxygens (including phenoxy) is 1. The summed E-state index contributed by atoms with van der Waals surface area (Å²) in [6, 6.07) is 9.85. The highest BCUT2D eigenvalue weighted by atomic mass is 35.5. The number of morpholine rings is 1. The molecule has 1 fully saturated rings. The van der Waals surface area contributed by atoms with Crippen LogP contribution in [0.5, 0.6) is 0 Å². The number of fused-ring (bicyclic) bond motifs is 1. The van der Waals surface area contributed by atoms with E-state index in [4.69, 9.17) is 21.3 Å². The topological polar surface area (TPSA) is 83.1 Å². The molecule has 2 heterocycles. The summed E-state index contributed by atoms with van der Waals surface area (Å²) in [4.78, 5) is 22.1. The summed E-state index contributed by atoms with van der Waals surface area (Å²) in [5.74, 6) is -0.239. The predicted octanol–water partition coefficient (Wildman–Crippen LogP) is 4.69. The van der Waals surface area contributed by atoms with Crippen molar-refractivity contribution >= 4 is 66.6 Å². The standard InChI is InChI=1S/C25H31ClN4O4S2.ClH/c1-16-12-20(26)13-22-23(16)27-25(35-22)30(11-10-28(4)5)24(31)19-6-8-21(9-7-19)36(32,33)29-14-17(2)34-18(3)15-29;/h6-9,12-13,17-18H,10-11,14-15H2,1-5H3;1H. The van der Waals surface area contributed by atoms with Gasteiger partial charge >= 0.3 is 0 Å². The number of nitrogens with zero attached hydrogens (tertiary/aromatic N) is 4. The average Bonchev–Trinajstić information content (AvgIpc) is 3.22. The Bertz CT molecular complexity index is 1350. The van der Waals surface area contributed by atoms with E-state index in [1.807, 2.05) is 51.9 Å². The van der Waals surface area contributed by atoms with Crippen LogP contribution in [0.1, 0.15) is 29.8 Å². The smallest absolute Gasteiger partial charge is 0.260 e. The van der Waals surface area contributed by atoms with Gasteiger partial charge in [-0.3, -0.25) is 9.69 Å². The van der Waals surface area contributed by atoms with Crippen molar-refractivity contribution in [3.05, 3.63) is 52.5 Å². The molecule has 4 rings (SSSR count). The fourth-order valence-electron chi connectivity index (χ4n) is 4.24. The van der Waals surface area contributed by atoms with Crippen LogP contribution in [0, 0.1) is 6.92 Å². The molecule has 3 aromatic rings. The molecule has 202 valence electrons. The minimum Gasteiger partial charge on any atom is -0.373 e. The number of aryl methyl sites for hydroxylation is 1. The number of thiazole rings is 1. The second-order valence-corrected chi connectivity index (χ2v) is 12.8. The van der Waals surface area contributed by atoms with Gasteiger partial charge in [0.1, 0.15) is 0 Å². The van der Waals surface area contributed by atoms with Gasteiger partial charge in [-0.25, -0.2) is 13.4 Å². The maximum Gasteiger partial charge on any atom is 0.260 e.